The quantitative estimate of drug-likeness (QED) is 0.789. The third-order valence-electron chi connectivity index (χ3n) is 2.33. The lowest BCUT2D eigenvalue weighted by molar-refractivity contribution is 0.477. The maximum Gasteiger partial charge on any atom is 0.165 e. The minimum Gasteiger partial charge on any atom is -0.454 e. The lowest BCUT2D eigenvalue weighted by atomic mass is 10.2. The van der Waals surface area contributed by atoms with Crippen LogP contribution >= 0.6 is 27.5 Å². The number of aromatic nitrogens is 2. The molecule has 1 aromatic heterocycles. The molecule has 1 aromatic carbocycles. The van der Waals surface area contributed by atoms with Crippen molar-refractivity contribution < 1.29 is 4.74 Å². The van der Waals surface area contributed by atoms with Crippen molar-refractivity contribution in [3.8, 4) is 11.5 Å². The van der Waals surface area contributed by atoms with E-state index in [0.29, 0.717) is 10.4 Å². The third kappa shape index (κ3) is 3.01. The number of halogens is 2. The number of aryl methyl sites for hydroxylation is 1. The lowest BCUT2D eigenvalue weighted by Gasteiger charge is -2.07. The van der Waals surface area contributed by atoms with Crippen LogP contribution in [-0.4, -0.2) is 9.78 Å². The second-order valence-corrected chi connectivity index (χ2v) is 4.52. The molecule has 3 nitrogen and oxygen atoms in total. The van der Waals surface area contributed by atoms with Crippen molar-refractivity contribution >= 4 is 27.5 Å². The Balaban J connectivity index is 2.23. The first-order valence-electron chi connectivity index (χ1n) is 5.27. The summed E-state index contributed by atoms with van der Waals surface area (Å²) in [4.78, 5) is 0. The molecule has 0 spiro atoms. The Morgan fingerprint density at radius 2 is 2.29 bits per heavy atom. The van der Waals surface area contributed by atoms with E-state index in [2.05, 4.69) is 21.0 Å². The minimum absolute atomic E-state index is 0.699. The van der Waals surface area contributed by atoms with Gasteiger partial charge in [-0.1, -0.05) is 27.5 Å². The molecule has 0 fully saturated rings. The molecule has 0 aliphatic heterocycles. The molecule has 0 aliphatic rings. The number of benzene rings is 1. The molecule has 0 saturated carbocycles. The minimum atomic E-state index is 0.699. The molecule has 0 bridgehead atoms. The van der Waals surface area contributed by atoms with Gasteiger partial charge < -0.3 is 4.74 Å². The smallest absolute Gasteiger partial charge is 0.165 e. The van der Waals surface area contributed by atoms with E-state index in [0.717, 1.165) is 23.6 Å². The molecule has 0 radical (unpaired) electrons. The molecule has 2 rings (SSSR count). The van der Waals surface area contributed by atoms with Crippen LogP contribution in [0.2, 0.25) is 5.02 Å². The molecule has 1 heterocycles. The molecule has 0 N–H and O–H groups in total. The Bertz CT molecular complexity index is 513. The van der Waals surface area contributed by atoms with E-state index >= 15 is 0 Å². The van der Waals surface area contributed by atoms with Gasteiger partial charge in [0, 0.05) is 22.5 Å². The van der Waals surface area contributed by atoms with Gasteiger partial charge in [-0.15, -0.1) is 0 Å². The maximum atomic E-state index is 5.93. The Morgan fingerprint density at radius 1 is 1.47 bits per heavy atom. The van der Waals surface area contributed by atoms with Gasteiger partial charge in [-0.25, -0.2) is 0 Å². The number of hydrogen-bond acceptors (Lipinski definition) is 2. The molecule has 2 aromatic rings. The molecule has 0 aliphatic carbocycles. The van der Waals surface area contributed by atoms with Crippen molar-refractivity contribution in [2.24, 2.45) is 0 Å². The molecule has 90 valence electrons. The zero-order valence-corrected chi connectivity index (χ0v) is 11.7. The zero-order chi connectivity index (χ0) is 12.3. The molecular formula is C12H12BrClN2O. The molecular weight excluding hydrogens is 304 g/mol. The van der Waals surface area contributed by atoms with Gasteiger partial charge in [0.15, 0.2) is 5.75 Å². The van der Waals surface area contributed by atoms with Gasteiger partial charge in [-0.3, -0.25) is 4.68 Å². The summed E-state index contributed by atoms with van der Waals surface area (Å²) < 4.78 is 7.58. The van der Waals surface area contributed by atoms with Crippen LogP contribution in [0, 0.1) is 0 Å². The number of ether oxygens (including phenoxy) is 1. The molecule has 0 atom stereocenters. The highest BCUT2D eigenvalue weighted by atomic mass is 79.9. The van der Waals surface area contributed by atoms with E-state index in [-0.39, 0.29) is 0 Å². The summed E-state index contributed by atoms with van der Waals surface area (Å²) >= 11 is 9.35. The lowest BCUT2D eigenvalue weighted by Crippen LogP contribution is -1.92. The van der Waals surface area contributed by atoms with Gasteiger partial charge in [0.2, 0.25) is 0 Å². The van der Waals surface area contributed by atoms with Crippen molar-refractivity contribution in [2.75, 3.05) is 0 Å². The number of rotatable bonds is 4. The van der Waals surface area contributed by atoms with Gasteiger partial charge in [0.1, 0.15) is 5.75 Å². The van der Waals surface area contributed by atoms with Crippen LogP contribution in [-0.2, 0) is 11.9 Å². The maximum absolute atomic E-state index is 5.93. The Hall–Kier alpha value is -1.00. The van der Waals surface area contributed by atoms with Crippen LogP contribution in [0.25, 0.3) is 0 Å². The summed E-state index contributed by atoms with van der Waals surface area (Å²) in [7, 11) is 0. The monoisotopic (exact) mass is 314 g/mol. The average Bonchev–Trinajstić information content (AvgIpc) is 2.79. The van der Waals surface area contributed by atoms with Crippen LogP contribution < -0.4 is 4.74 Å². The summed E-state index contributed by atoms with van der Waals surface area (Å²) in [6.45, 7) is 2.86. The topological polar surface area (TPSA) is 27.1 Å². The van der Waals surface area contributed by atoms with Gasteiger partial charge in [-0.05, 0) is 25.1 Å². The average molecular weight is 316 g/mol. The summed E-state index contributed by atoms with van der Waals surface area (Å²) in [5, 5.41) is 5.56. The predicted octanol–water partition coefficient (Wildman–Crippen LogP) is 4.24. The zero-order valence-electron chi connectivity index (χ0n) is 9.36. The van der Waals surface area contributed by atoms with Crippen LogP contribution in [0.15, 0.2) is 30.6 Å². The predicted molar refractivity (Wildman–Crippen MR) is 72.1 cm³/mol. The summed E-state index contributed by atoms with van der Waals surface area (Å²) in [6.07, 6.45) is 3.57. The highest BCUT2D eigenvalue weighted by Gasteiger charge is 2.06. The Labute approximate surface area is 113 Å². The third-order valence-corrected chi connectivity index (χ3v) is 3.17. The van der Waals surface area contributed by atoms with Gasteiger partial charge >= 0.3 is 0 Å². The molecule has 0 saturated heterocycles. The first-order valence-corrected chi connectivity index (χ1v) is 6.77. The molecule has 0 amide bonds. The Morgan fingerprint density at radius 3 is 2.94 bits per heavy atom. The fraction of sp³-hybridized carbons (Fsp3) is 0.250. The summed E-state index contributed by atoms with van der Waals surface area (Å²) in [6, 6.07) is 5.56. The van der Waals surface area contributed by atoms with Crippen LogP contribution in [0.1, 0.15) is 12.5 Å². The van der Waals surface area contributed by atoms with Crippen molar-refractivity contribution in [2.45, 2.75) is 18.8 Å². The van der Waals surface area contributed by atoms with Crippen molar-refractivity contribution in [3.63, 3.8) is 0 Å². The van der Waals surface area contributed by atoms with E-state index in [1.165, 1.54) is 0 Å². The van der Waals surface area contributed by atoms with E-state index in [4.69, 9.17) is 16.3 Å². The molecule has 5 heteroatoms. The van der Waals surface area contributed by atoms with Crippen LogP contribution in [0.5, 0.6) is 11.5 Å². The standard InChI is InChI=1S/C12H12BrClN2O/c1-2-16-8-11(7-15-16)17-12-4-3-10(14)5-9(12)6-13/h3-5,7-8H,2,6H2,1H3. The van der Waals surface area contributed by atoms with Crippen LogP contribution in [0.3, 0.4) is 0 Å². The second kappa shape index (κ2) is 5.56. The van der Waals surface area contributed by atoms with Gasteiger partial charge in [0.25, 0.3) is 0 Å². The van der Waals surface area contributed by atoms with E-state index in [1.807, 2.05) is 36.0 Å². The van der Waals surface area contributed by atoms with E-state index in [1.54, 1.807) is 6.20 Å². The summed E-state index contributed by atoms with van der Waals surface area (Å²) in [5.41, 5.74) is 1.02. The number of nitrogens with zero attached hydrogens (tertiary/aromatic N) is 2. The summed E-state index contributed by atoms with van der Waals surface area (Å²) in [5.74, 6) is 1.53. The first kappa shape index (κ1) is 12.5. The van der Waals surface area contributed by atoms with Gasteiger partial charge in [-0.2, -0.15) is 5.10 Å². The first-order chi connectivity index (χ1) is 8.22. The SMILES string of the molecule is CCn1cc(Oc2ccc(Cl)cc2CBr)cn1. The van der Waals surface area contributed by atoms with E-state index in [9.17, 15) is 0 Å². The van der Waals surface area contributed by atoms with Crippen molar-refractivity contribution in [1.82, 2.24) is 9.78 Å². The number of alkyl halides is 1. The normalized spacial score (nSPS) is 10.5. The molecule has 0 unspecified atom stereocenters. The molecule has 17 heavy (non-hydrogen) atoms. The van der Waals surface area contributed by atoms with Crippen LogP contribution in [0.4, 0.5) is 0 Å². The number of hydrogen-bond donors (Lipinski definition) is 0. The highest BCUT2D eigenvalue weighted by Crippen LogP contribution is 2.29. The largest absolute Gasteiger partial charge is 0.454 e. The second-order valence-electron chi connectivity index (χ2n) is 3.52. The van der Waals surface area contributed by atoms with Gasteiger partial charge in [0.05, 0.1) is 12.4 Å². The van der Waals surface area contributed by atoms with Crippen molar-refractivity contribution in [3.05, 3.63) is 41.2 Å². The highest BCUT2D eigenvalue weighted by molar-refractivity contribution is 9.08. The van der Waals surface area contributed by atoms with E-state index < -0.39 is 0 Å². The fourth-order valence-corrected chi connectivity index (χ4v) is 2.08. The fourth-order valence-electron chi connectivity index (χ4n) is 1.45. The van der Waals surface area contributed by atoms with Crippen molar-refractivity contribution in [1.29, 1.82) is 0 Å². The Kier molecular flexibility index (Phi) is 4.07.